The molecule has 0 saturated heterocycles. The zero-order chi connectivity index (χ0) is 13.1. The van der Waals surface area contributed by atoms with Crippen LogP contribution < -0.4 is 5.73 Å². The van der Waals surface area contributed by atoms with Crippen molar-refractivity contribution in [2.75, 3.05) is 19.6 Å². The largest absolute Gasteiger partial charge is 0.329 e. The minimum absolute atomic E-state index is 0.413. The van der Waals surface area contributed by atoms with E-state index in [0.717, 1.165) is 19.6 Å². The number of nitrogens with zero attached hydrogens (tertiary/aromatic N) is 2. The fourth-order valence-electron chi connectivity index (χ4n) is 2.44. The predicted octanol–water partition coefficient (Wildman–Crippen LogP) is 2.96. The summed E-state index contributed by atoms with van der Waals surface area (Å²) in [6.07, 6.45) is 16.0. The van der Waals surface area contributed by atoms with Crippen molar-refractivity contribution >= 4 is 6.21 Å². The molecule has 3 nitrogen and oxygen atoms in total. The second-order valence-corrected chi connectivity index (χ2v) is 5.01. The molecule has 1 rings (SSSR count). The lowest BCUT2D eigenvalue weighted by atomic mass is 10.1. The molecule has 3 heteroatoms. The Kier molecular flexibility index (Phi) is 8.78. The highest BCUT2D eigenvalue weighted by Gasteiger charge is 2.18. The summed E-state index contributed by atoms with van der Waals surface area (Å²) in [5.74, 6) is 0. The molecule has 18 heavy (non-hydrogen) atoms. The Morgan fingerprint density at radius 3 is 2.83 bits per heavy atom. The topological polar surface area (TPSA) is 41.6 Å². The lowest BCUT2D eigenvalue weighted by molar-refractivity contribution is 0.241. The summed E-state index contributed by atoms with van der Waals surface area (Å²) < 4.78 is 0. The molecule has 1 aliphatic heterocycles. The van der Waals surface area contributed by atoms with E-state index in [1.807, 2.05) is 6.21 Å². The van der Waals surface area contributed by atoms with Gasteiger partial charge in [-0.05, 0) is 32.6 Å². The van der Waals surface area contributed by atoms with Crippen molar-refractivity contribution in [1.82, 2.24) is 4.90 Å². The Morgan fingerprint density at radius 1 is 1.28 bits per heavy atom. The van der Waals surface area contributed by atoms with Gasteiger partial charge in [-0.1, -0.05) is 31.4 Å². The molecule has 0 spiro atoms. The maximum atomic E-state index is 5.60. The SMILES string of the molecule is C/C=C/CCCCCCCC1N=CCN1CCN. The van der Waals surface area contributed by atoms with E-state index in [4.69, 9.17) is 5.73 Å². The molecule has 2 N–H and O–H groups in total. The second-order valence-electron chi connectivity index (χ2n) is 5.01. The van der Waals surface area contributed by atoms with Gasteiger partial charge in [0, 0.05) is 25.8 Å². The Hall–Kier alpha value is -0.670. The lowest BCUT2D eigenvalue weighted by Crippen LogP contribution is -2.34. The highest BCUT2D eigenvalue weighted by Crippen LogP contribution is 2.15. The molecule has 1 heterocycles. The lowest BCUT2D eigenvalue weighted by Gasteiger charge is -2.21. The fraction of sp³-hybridized carbons (Fsp3) is 0.800. The van der Waals surface area contributed by atoms with Gasteiger partial charge in [0.05, 0.1) is 0 Å². The normalized spacial score (nSPS) is 20.2. The quantitative estimate of drug-likeness (QED) is 0.479. The zero-order valence-electron chi connectivity index (χ0n) is 11.9. The maximum Gasteiger partial charge on any atom is 0.102 e. The Morgan fingerprint density at radius 2 is 2.06 bits per heavy atom. The summed E-state index contributed by atoms with van der Waals surface area (Å²) in [6, 6.07) is 0. The molecule has 0 aliphatic carbocycles. The highest BCUT2D eigenvalue weighted by atomic mass is 15.3. The first-order chi connectivity index (χ1) is 8.88. The van der Waals surface area contributed by atoms with E-state index in [9.17, 15) is 0 Å². The van der Waals surface area contributed by atoms with Crippen LogP contribution >= 0.6 is 0 Å². The third-order valence-corrected chi connectivity index (χ3v) is 3.50. The molecular formula is C15H29N3. The van der Waals surface area contributed by atoms with Gasteiger partial charge >= 0.3 is 0 Å². The van der Waals surface area contributed by atoms with Gasteiger partial charge < -0.3 is 5.73 Å². The average Bonchev–Trinajstić information content (AvgIpc) is 2.81. The van der Waals surface area contributed by atoms with Crippen LogP contribution in [0, 0.1) is 0 Å². The molecule has 104 valence electrons. The first-order valence-electron chi connectivity index (χ1n) is 7.45. The smallest absolute Gasteiger partial charge is 0.102 e. The minimum Gasteiger partial charge on any atom is -0.329 e. The zero-order valence-corrected chi connectivity index (χ0v) is 11.9. The van der Waals surface area contributed by atoms with E-state index in [-0.39, 0.29) is 0 Å². The number of nitrogens with two attached hydrogens (primary N) is 1. The molecule has 0 fully saturated rings. The van der Waals surface area contributed by atoms with Crippen molar-refractivity contribution in [3.63, 3.8) is 0 Å². The van der Waals surface area contributed by atoms with E-state index in [1.165, 1.54) is 44.9 Å². The summed E-state index contributed by atoms with van der Waals surface area (Å²) in [7, 11) is 0. The van der Waals surface area contributed by atoms with E-state index >= 15 is 0 Å². The summed E-state index contributed by atoms with van der Waals surface area (Å²) in [5.41, 5.74) is 5.60. The molecule has 0 aromatic carbocycles. The predicted molar refractivity (Wildman–Crippen MR) is 80.0 cm³/mol. The van der Waals surface area contributed by atoms with Crippen molar-refractivity contribution < 1.29 is 0 Å². The van der Waals surface area contributed by atoms with Crippen LogP contribution in [0.4, 0.5) is 0 Å². The standard InChI is InChI=1S/C15H29N3/c1-2-3-4-5-6-7-8-9-10-15-17-12-14-18(15)13-11-16/h2-3,12,15H,4-11,13-14,16H2,1H3/b3-2+. The van der Waals surface area contributed by atoms with Crippen LogP contribution in [0.15, 0.2) is 17.1 Å². The maximum absolute atomic E-state index is 5.60. The number of unbranched alkanes of at least 4 members (excludes halogenated alkanes) is 5. The van der Waals surface area contributed by atoms with Crippen LogP contribution in [-0.2, 0) is 0 Å². The van der Waals surface area contributed by atoms with E-state index < -0.39 is 0 Å². The van der Waals surface area contributed by atoms with Gasteiger partial charge in [-0.25, -0.2) is 0 Å². The molecule has 0 aromatic rings. The Labute approximate surface area is 112 Å². The van der Waals surface area contributed by atoms with E-state index in [0.29, 0.717) is 6.17 Å². The minimum atomic E-state index is 0.413. The third kappa shape index (κ3) is 6.31. The van der Waals surface area contributed by atoms with Gasteiger partial charge in [0.2, 0.25) is 0 Å². The first kappa shape index (κ1) is 15.4. The van der Waals surface area contributed by atoms with E-state index in [2.05, 4.69) is 29.0 Å². The molecule has 1 atom stereocenters. The molecule has 1 aliphatic rings. The monoisotopic (exact) mass is 251 g/mol. The van der Waals surface area contributed by atoms with Crippen molar-refractivity contribution in [2.45, 2.75) is 58.0 Å². The number of aliphatic imine (C=N–C) groups is 1. The number of hydrogen-bond acceptors (Lipinski definition) is 3. The number of rotatable bonds is 10. The molecule has 0 bridgehead atoms. The van der Waals surface area contributed by atoms with Crippen LogP contribution in [-0.4, -0.2) is 36.9 Å². The van der Waals surface area contributed by atoms with Gasteiger partial charge in [-0.2, -0.15) is 0 Å². The van der Waals surface area contributed by atoms with Gasteiger partial charge in [-0.3, -0.25) is 9.89 Å². The molecule has 1 unspecified atom stereocenters. The third-order valence-electron chi connectivity index (χ3n) is 3.50. The van der Waals surface area contributed by atoms with E-state index in [1.54, 1.807) is 0 Å². The van der Waals surface area contributed by atoms with Crippen LogP contribution in [0.1, 0.15) is 51.9 Å². The van der Waals surface area contributed by atoms with Crippen LogP contribution in [0.3, 0.4) is 0 Å². The van der Waals surface area contributed by atoms with Crippen LogP contribution in [0.5, 0.6) is 0 Å². The summed E-state index contributed by atoms with van der Waals surface area (Å²) in [5, 5.41) is 0. The van der Waals surface area contributed by atoms with Crippen molar-refractivity contribution in [3.05, 3.63) is 12.2 Å². The summed E-state index contributed by atoms with van der Waals surface area (Å²) in [6.45, 7) is 4.80. The number of allylic oxidation sites excluding steroid dienone is 2. The van der Waals surface area contributed by atoms with Crippen molar-refractivity contribution in [3.8, 4) is 0 Å². The van der Waals surface area contributed by atoms with Gasteiger partial charge in [0.1, 0.15) is 6.17 Å². The van der Waals surface area contributed by atoms with Crippen LogP contribution in [0.2, 0.25) is 0 Å². The Bertz CT molecular complexity index is 248. The molecule has 0 saturated carbocycles. The molecule has 0 aromatic heterocycles. The fourth-order valence-corrected chi connectivity index (χ4v) is 2.44. The summed E-state index contributed by atoms with van der Waals surface area (Å²) >= 11 is 0. The summed E-state index contributed by atoms with van der Waals surface area (Å²) in [4.78, 5) is 6.91. The first-order valence-corrected chi connectivity index (χ1v) is 7.45. The van der Waals surface area contributed by atoms with Crippen LogP contribution in [0.25, 0.3) is 0 Å². The van der Waals surface area contributed by atoms with Gasteiger partial charge in [0.15, 0.2) is 0 Å². The molecule has 0 radical (unpaired) electrons. The van der Waals surface area contributed by atoms with Gasteiger partial charge in [-0.15, -0.1) is 0 Å². The molecule has 0 amide bonds. The number of hydrogen-bond donors (Lipinski definition) is 1. The van der Waals surface area contributed by atoms with Gasteiger partial charge in [0.25, 0.3) is 0 Å². The van der Waals surface area contributed by atoms with Crippen molar-refractivity contribution in [1.29, 1.82) is 0 Å². The molecular weight excluding hydrogens is 222 g/mol. The highest BCUT2D eigenvalue weighted by molar-refractivity contribution is 5.62. The average molecular weight is 251 g/mol. The Balaban J connectivity index is 1.95. The van der Waals surface area contributed by atoms with Crippen molar-refractivity contribution in [2.24, 2.45) is 10.7 Å². The second kappa shape index (κ2) is 10.3.